The number of halogens is 1. The minimum atomic E-state index is -0.618. The van der Waals surface area contributed by atoms with Crippen molar-refractivity contribution in [3.8, 4) is 11.4 Å². The van der Waals surface area contributed by atoms with Crippen LogP contribution in [-0.4, -0.2) is 103 Å². The molecule has 0 aliphatic heterocycles. The number of amides is 2. The number of ether oxygens (including phenoxy) is 1. The van der Waals surface area contributed by atoms with Crippen molar-refractivity contribution < 1.29 is 14.3 Å². The number of para-hydroxylation sites is 1. The molecule has 3 aromatic rings. The van der Waals surface area contributed by atoms with Crippen molar-refractivity contribution in [3.05, 3.63) is 75.2 Å². The molecule has 0 spiro atoms. The number of hydrogen-bond acceptors (Lipinski definition) is 5. The molecule has 234 valence electrons. The SMILES string of the molecule is BC(B)(B)N(CCc1c(NC(=O)CC(C)(C)CNC(=O)c2cc(Cl)ccc2OCC)c(=O)n(-c2ccccc2)n1C)C(B)(B)B. The van der Waals surface area contributed by atoms with Gasteiger partial charge in [0.1, 0.15) is 58.5 Å². The Hall–Kier alpha value is -3.17. The number of nitrogens with zero attached hydrogens (tertiary/aromatic N) is 3. The highest BCUT2D eigenvalue weighted by molar-refractivity contribution is 6.63. The van der Waals surface area contributed by atoms with E-state index in [1.807, 2.05) is 62.8 Å². The van der Waals surface area contributed by atoms with Crippen LogP contribution in [0.1, 0.15) is 43.2 Å². The van der Waals surface area contributed by atoms with Gasteiger partial charge < -0.3 is 20.3 Å². The van der Waals surface area contributed by atoms with Crippen molar-refractivity contribution >= 4 is 76.2 Å². The molecule has 3 rings (SSSR count). The summed E-state index contributed by atoms with van der Waals surface area (Å²) in [5.74, 6) is -0.204. The Kier molecular flexibility index (Phi) is 11.7. The van der Waals surface area contributed by atoms with Gasteiger partial charge in [-0.25, -0.2) is 4.68 Å². The van der Waals surface area contributed by atoms with Crippen molar-refractivity contribution in [2.75, 3.05) is 25.0 Å². The van der Waals surface area contributed by atoms with Gasteiger partial charge >= 0.3 is 0 Å². The van der Waals surface area contributed by atoms with Crippen LogP contribution in [0.5, 0.6) is 5.75 Å². The van der Waals surface area contributed by atoms with E-state index in [9.17, 15) is 14.4 Å². The summed E-state index contributed by atoms with van der Waals surface area (Å²) < 4.78 is 9.02. The smallest absolute Gasteiger partial charge is 0.295 e. The van der Waals surface area contributed by atoms with Gasteiger partial charge in [0.05, 0.1) is 23.6 Å². The summed E-state index contributed by atoms with van der Waals surface area (Å²) in [5, 5.41) is 6.09. The fourth-order valence-electron chi connectivity index (χ4n) is 5.87. The molecule has 45 heavy (non-hydrogen) atoms. The Labute approximate surface area is 277 Å². The largest absolute Gasteiger partial charge is 0.493 e. The van der Waals surface area contributed by atoms with Crippen molar-refractivity contribution in [1.82, 2.24) is 19.6 Å². The van der Waals surface area contributed by atoms with Crippen LogP contribution in [-0.2, 0) is 18.3 Å². The molecule has 1 aromatic heterocycles. The van der Waals surface area contributed by atoms with Gasteiger partial charge in [0.25, 0.3) is 11.5 Å². The first-order valence-electron chi connectivity index (χ1n) is 15.5. The van der Waals surface area contributed by atoms with E-state index in [1.54, 1.807) is 22.9 Å². The molecule has 0 saturated carbocycles. The minimum absolute atomic E-state index is 0.0797. The molecule has 0 fully saturated rings. The number of aromatic nitrogens is 2. The monoisotopic (exact) mass is 627 g/mol. The topological polar surface area (TPSA) is 97.6 Å². The Bertz CT molecular complexity index is 1550. The van der Waals surface area contributed by atoms with Crippen LogP contribution in [0.15, 0.2) is 53.3 Å². The Balaban J connectivity index is 1.85. The third kappa shape index (κ3) is 9.42. The summed E-state index contributed by atoms with van der Waals surface area (Å²) in [6.45, 7) is 6.95. The van der Waals surface area contributed by atoms with Gasteiger partial charge in [-0.15, -0.1) is 0 Å². The zero-order chi connectivity index (χ0) is 33.7. The maximum absolute atomic E-state index is 13.9. The molecule has 1 heterocycles. The van der Waals surface area contributed by atoms with E-state index in [4.69, 9.17) is 16.3 Å². The molecule has 9 nitrogen and oxygen atoms in total. The van der Waals surface area contributed by atoms with Crippen molar-refractivity contribution in [3.63, 3.8) is 0 Å². The Morgan fingerprint density at radius 3 is 2.20 bits per heavy atom. The minimum Gasteiger partial charge on any atom is -0.493 e. The fraction of sp³-hybridized carbons (Fsp3) is 0.414. The summed E-state index contributed by atoms with van der Waals surface area (Å²) in [7, 11) is 14.9. The first kappa shape index (κ1) is 36.3. The molecule has 2 aromatic carbocycles. The van der Waals surface area contributed by atoms with E-state index in [1.165, 1.54) is 0 Å². The van der Waals surface area contributed by atoms with E-state index in [-0.39, 0.29) is 46.5 Å². The van der Waals surface area contributed by atoms with Gasteiger partial charge in [0.2, 0.25) is 5.91 Å². The van der Waals surface area contributed by atoms with E-state index in [2.05, 4.69) is 62.6 Å². The van der Waals surface area contributed by atoms with Crippen LogP contribution in [0.4, 0.5) is 5.69 Å². The van der Waals surface area contributed by atoms with E-state index < -0.39 is 5.41 Å². The number of carbonyl (C=O) groups is 2. The van der Waals surface area contributed by atoms with E-state index in [0.717, 1.165) is 5.69 Å². The average Bonchev–Trinajstić information content (AvgIpc) is 3.15. The van der Waals surface area contributed by atoms with Crippen LogP contribution >= 0.6 is 11.6 Å². The summed E-state index contributed by atoms with van der Waals surface area (Å²) >= 11 is 6.14. The summed E-state index contributed by atoms with van der Waals surface area (Å²) in [5.41, 5.74) is 1.15. The van der Waals surface area contributed by atoms with Crippen molar-refractivity contribution in [2.45, 2.75) is 44.1 Å². The number of nitrogens with one attached hydrogen (secondary N) is 2. The molecule has 0 unspecified atom stereocenters. The predicted octanol–water partition coefficient (Wildman–Crippen LogP) is -2.12. The second-order valence-corrected chi connectivity index (χ2v) is 14.6. The van der Waals surface area contributed by atoms with Gasteiger partial charge in [-0.3, -0.25) is 19.1 Å². The molecular formula is C29H44B6ClN5O4. The molecule has 0 saturated heterocycles. The highest BCUT2D eigenvalue weighted by atomic mass is 35.5. The van der Waals surface area contributed by atoms with Gasteiger partial charge in [0, 0.05) is 38.0 Å². The predicted molar refractivity (Wildman–Crippen MR) is 200 cm³/mol. The molecule has 0 aliphatic rings. The quantitative estimate of drug-likeness (QED) is 0.200. The molecule has 2 N–H and O–H groups in total. The lowest BCUT2D eigenvalue weighted by atomic mass is 9.40. The fourth-order valence-corrected chi connectivity index (χ4v) is 6.04. The standard InChI is InChI=1S/C29H44B6ClN5O4/c1-5-45-22-12-11-18(36)15-20(22)25(43)37-17-27(2,3)16-23(42)38-24-21(13-14-40(28(30,31)32)29(33,34)35)39(4)41(26(24)44)19-9-7-6-8-10-19/h6-12,15H,5,13-14,16-17,30-35H2,1-4H3,(H,37,43)(H,38,42). The maximum Gasteiger partial charge on any atom is 0.295 e. The lowest BCUT2D eigenvalue weighted by Gasteiger charge is -2.47. The van der Waals surface area contributed by atoms with Crippen LogP contribution in [0.25, 0.3) is 5.69 Å². The number of benzene rings is 2. The summed E-state index contributed by atoms with van der Waals surface area (Å²) in [4.78, 5) is 42.8. The summed E-state index contributed by atoms with van der Waals surface area (Å²) in [6, 6.07) is 14.3. The van der Waals surface area contributed by atoms with Crippen LogP contribution in [0, 0.1) is 5.41 Å². The first-order chi connectivity index (χ1) is 20.9. The lowest BCUT2D eigenvalue weighted by Crippen LogP contribution is -2.64. The van der Waals surface area contributed by atoms with Gasteiger partial charge in [-0.2, -0.15) is 0 Å². The van der Waals surface area contributed by atoms with Crippen LogP contribution < -0.4 is 20.9 Å². The molecule has 0 radical (unpaired) electrons. The Morgan fingerprint density at radius 1 is 1.00 bits per heavy atom. The highest BCUT2D eigenvalue weighted by Gasteiger charge is 2.32. The first-order valence-corrected chi connectivity index (χ1v) is 15.9. The zero-order valence-corrected chi connectivity index (χ0v) is 29.3. The maximum atomic E-state index is 13.9. The molecular weight excluding hydrogens is 583 g/mol. The highest BCUT2D eigenvalue weighted by Crippen LogP contribution is 2.26. The van der Waals surface area contributed by atoms with Gasteiger partial charge in [-0.05, 0) is 42.7 Å². The molecule has 16 heteroatoms. The van der Waals surface area contributed by atoms with Gasteiger partial charge in [0.15, 0.2) is 0 Å². The second kappa shape index (κ2) is 14.5. The zero-order valence-electron chi connectivity index (χ0n) is 28.5. The van der Waals surface area contributed by atoms with Crippen molar-refractivity contribution in [1.29, 1.82) is 0 Å². The van der Waals surface area contributed by atoms with Crippen molar-refractivity contribution in [2.24, 2.45) is 12.5 Å². The number of rotatable bonds is 14. The number of hydrogen-bond donors (Lipinski definition) is 2. The van der Waals surface area contributed by atoms with Crippen LogP contribution in [0.3, 0.4) is 0 Å². The second-order valence-electron chi connectivity index (χ2n) is 14.2. The third-order valence-corrected chi connectivity index (χ3v) is 7.93. The summed E-state index contributed by atoms with van der Waals surface area (Å²) in [6.07, 6.45) is 0.632. The molecule has 0 atom stereocenters. The Morgan fingerprint density at radius 2 is 1.62 bits per heavy atom. The molecule has 2 amide bonds. The average molecular weight is 627 g/mol. The number of anilines is 1. The van der Waals surface area contributed by atoms with Gasteiger partial charge in [-0.1, -0.05) is 54.1 Å². The lowest BCUT2D eigenvalue weighted by molar-refractivity contribution is -0.118. The normalized spacial score (nSPS) is 12.2. The number of carbonyl (C=O) groups excluding carboxylic acids is 2. The van der Waals surface area contributed by atoms with E-state index >= 15 is 0 Å². The third-order valence-electron chi connectivity index (χ3n) is 7.70. The molecule has 0 bridgehead atoms. The molecule has 0 aliphatic carbocycles. The van der Waals surface area contributed by atoms with E-state index in [0.29, 0.717) is 41.6 Å². The van der Waals surface area contributed by atoms with Crippen LogP contribution in [0.2, 0.25) is 5.02 Å².